The molecule has 1 saturated carbocycles. The molecule has 4 nitrogen and oxygen atoms in total. The number of ether oxygens (including phenoxy) is 1. The molecule has 3 unspecified atom stereocenters. The average Bonchev–Trinajstić information content (AvgIpc) is 2.88. The molecule has 1 heterocycles. The molecule has 0 aliphatic heterocycles. The monoisotopic (exact) mass is 293 g/mol. The molecule has 0 bridgehead atoms. The third-order valence-electron chi connectivity index (χ3n) is 4.68. The second-order valence-corrected chi connectivity index (χ2v) is 6.46. The van der Waals surface area contributed by atoms with Crippen LogP contribution in [0.4, 0.5) is 0 Å². The van der Waals surface area contributed by atoms with Crippen molar-refractivity contribution in [2.45, 2.75) is 71.1 Å². The quantitative estimate of drug-likeness (QED) is 0.836. The molecule has 1 aromatic rings. The van der Waals surface area contributed by atoms with Crippen LogP contribution in [0.1, 0.15) is 64.5 Å². The van der Waals surface area contributed by atoms with Crippen molar-refractivity contribution in [1.82, 2.24) is 15.1 Å². The predicted molar refractivity (Wildman–Crippen MR) is 86.3 cm³/mol. The number of aryl methyl sites for hydroxylation is 1. The first-order valence-electron chi connectivity index (χ1n) is 8.48. The summed E-state index contributed by atoms with van der Waals surface area (Å²) in [6.45, 7) is 8.39. The Labute approximate surface area is 129 Å². The Hall–Kier alpha value is -0.870. The van der Waals surface area contributed by atoms with Crippen LogP contribution in [0, 0.1) is 5.92 Å². The summed E-state index contributed by atoms with van der Waals surface area (Å²) in [6.07, 6.45) is 10.1. The molecule has 2 rings (SSSR count). The molecule has 120 valence electrons. The zero-order valence-electron chi connectivity index (χ0n) is 14.1. The van der Waals surface area contributed by atoms with Crippen LogP contribution in [0.3, 0.4) is 0 Å². The van der Waals surface area contributed by atoms with Crippen LogP contribution >= 0.6 is 0 Å². The summed E-state index contributed by atoms with van der Waals surface area (Å²) < 4.78 is 8.37. The lowest BCUT2D eigenvalue weighted by molar-refractivity contribution is -0.100. The Balaban J connectivity index is 2.25. The van der Waals surface area contributed by atoms with E-state index in [1.165, 1.54) is 18.4 Å². The van der Waals surface area contributed by atoms with Crippen molar-refractivity contribution in [2.75, 3.05) is 13.7 Å². The fourth-order valence-corrected chi connectivity index (χ4v) is 3.92. The molecule has 3 atom stereocenters. The van der Waals surface area contributed by atoms with Gasteiger partial charge in [-0.2, -0.15) is 5.10 Å². The Bertz CT molecular complexity index is 427. The summed E-state index contributed by atoms with van der Waals surface area (Å²) >= 11 is 0. The molecule has 1 fully saturated rings. The fraction of sp³-hybridized carbons (Fsp3) is 0.824. The van der Waals surface area contributed by atoms with E-state index < -0.39 is 0 Å². The number of nitrogens with zero attached hydrogens (tertiary/aromatic N) is 2. The van der Waals surface area contributed by atoms with Crippen molar-refractivity contribution in [3.05, 3.63) is 18.0 Å². The van der Waals surface area contributed by atoms with E-state index in [1.54, 1.807) is 0 Å². The Morgan fingerprint density at radius 1 is 1.52 bits per heavy atom. The minimum atomic E-state index is -0.0821. The van der Waals surface area contributed by atoms with Gasteiger partial charge in [-0.05, 0) is 39.2 Å². The van der Waals surface area contributed by atoms with Crippen molar-refractivity contribution in [3.63, 3.8) is 0 Å². The molecule has 1 N–H and O–H groups in total. The first-order chi connectivity index (χ1) is 10.1. The molecule has 0 radical (unpaired) electrons. The lowest BCUT2D eigenvalue weighted by atomic mass is 9.73. The highest BCUT2D eigenvalue weighted by atomic mass is 16.5. The zero-order valence-corrected chi connectivity index (χ0v) is 14.1. The minimum Gasteiger partial charge on any atom is -0.373 e. The standard InChI is InChI=1S/C17H31N3O/c1-5-10-20-13-15(12-19-20)16(18-4)17(21-6-2)9-7-8-14(3)11-17/h12-14,16,18H,5-11H2,1-4H3. The summed E-state index contributed by atoms with van der Waals surface area (Å²) in [7, 11) is 2.04. The molecule has 0 spiro atoms. The van der Waals surface area contributed by atoms with Crippen LogP contribution in [0.25, 0.3) is 0 Å². The summed E-state index contributed by atoms with van der Waals surface area (Å²) in [5.41, 5.74) is 1.18. The highest BCUT2D eigenvalue weighted by molar-refractivity contribution is 5.17. The van der Waals surface area contributed by atoms with Gasteiger partial charge >= 0.3 is 0 Å². The minimum absolute atomic E-state index is 0.0821. The molecule has 1 aliphatic rings. The van der Waals surface area contributed by atoms with Gasteiger partial charge in [-0.15, -0.1) is 0 Å². The highest BCUT2D eigenvalue weighted by Crippen LogP contribution is 2.43. The number of rotatable bonds is 7. The van der Waals surface area contributed by atoms with Crippen molar-refractivity contribution in [1.29, 1.82) is 0 Å². The van der Waals surface area contributed by atoms with E-state index in [0.29, 0.717) is 0 Å². The van der Waals surface area contributed by atoms with Gasteiger partial charge in [0.05, 0.1) is 17.8 Å². The van der Waals surface area contributed by atoms with Gasteiger partial charge < -0.3 is 10.1 Å². The van der Waals surface area contributed by atoms with E-state index in [0.717, 1.165) is 38.3 Å². The van der Waals surface area contributed by atoms with Crippen molar-refractivity contribution >= 4 is 0 Å². The van der Waals surface area contributed by atoms with E-state index in [1.807, 2.05) is 17.9 Å². The van der Waals surface area contributed by atoms with Crippen molar-refractivity contribution in [3.8, 4) is 0 Å². The number of aromatic nitrogens is 2. The topological polar surface area (TPSA) is 39.1 Å². The molecular weight excluding hydrogens is 262 g/mol. The summed E-state index contributed by atoms with van der Waals surface area (Å²) in [4.78, 5) is 0. The maximum Gasteiger partial charge on any atom is 0.0879 e. The molecule has 4 heteroatoms. The fourth-order valence-electron chi connectivity index (χ4n) is 3.92. The third-order valence-corrected chi connectivity index (χ3v) is 4.68. The second kappa shape index (κ2) is 7.41. The summed E-state index contributed by atoms with van der Waals surface area (Å²) in [6, 6.07) is 0.228. The Morgan fingerprint density at radius 3 is 2.95 bits per heavy atom. The van der Waals surface area contributed by atoms with Crippen LogP contribution in [0.15, 0.2) is 12.4 Å². The Morgan fingerprint density at radius 2 is 2.33 bits per heavy atom. The normalized spacial score (nSPS) is 27.7. The van der Waals surface area contributed by atoms with E-state index >= 15 is 0 Å². The number of hydrogen-bond donors (Lipinski definition) is 1. The average molecular weight is 293 g/mol. The van der Waals surface area contributed by atoms with Gasteiger partial charge in [0.2, 0.25) is 0 Å². The maximum absolute atomic E-state index is 6.32. The molecule has 1 aromatic heterocycles. The zero-order chi connectivity index (χ0) is 15.3. The van der Waals surface area contributed by atoms with E-state index in [-0.39, 0.29) is 11.6 Å². The van der Waals surface area contributed by atoms with Gasteiger partial charge in [-0.1, -0.05) is 26.7 Å². The van der Waals surface area contributed by atoms with E-state index in [9.17, 15) is 0 Å². The molecule has 0 saturated heterocycles. The maximum atomic E-state index is 6.32. The number of likely N-dealkylation sites (N-methyl/N-ethyl adjacent to an activating group) is 1. The largest absolute Gasteiger partial charge is 0.373 e. The number of nitrogens with one attached hydrogen (secondary N) is 1. The van der Waals surface area contributed by atoms with Crippen molar-refractivity contribution in [2.24, 2.45) is 5.92 Å². The summed E-state index contributed by atoms with van der Waals surface area (Å²) in [5.74, 6) is 0.729. The lowest BCUT2D eigenvalue weighted by Gasteiger charge is -2.45. The lowest BCUT2D eigenvalue weighted by Crippen LogP contribution is -2.48. The van der Waals surface area contributed by atoms with Gasteiger partial charge in [0.1, 0.15) is 0 Å². The number of hydrogen-bond acceptors (Lipinski definition) is 3. The van der Waals surface area contributed by atoms with Gasteiger partial charge in [-0.3, -0.25) is 4.68 Å². The van der Waals surface area contributed by atoms with Crippen LogP contribution in [-0.4, -0.2) is 29.0 Å². The van der Waals surface area contributed by atoms with Gasteiger partial charge in [0, 0.05) is 24.9 Å². The van der Waals surface area contributed by atoms with Crippen LogP contribution in [0.5, 0.6) is 0 Å². The Kier molecular flexibility index (Phi) is 5.82. The first-order valence-corrected chi connectivity index (χ1v) is 8.48. The second-order valence-electron chi connectivity index (χ2n) is 6.46. The molecule has 21 heavy (non-hydrogen) atoms. The van der Waals surface area contributed by atoms with Crippen LogP contribution in [-0.2, 0) is 11.3 Å². The van der Waals surface area contributed by atoms with Crippen LogP contribution < -0.4 is 5.32 Å². The smallest absolute Gasteiger partial charge is 0.0879 e. The van der Waals surface area contributed by atoms with E-state index in [2.05, 4.69) is 37.4 Å². The van der Waals surface area contributed by atoms with Gasteiger partial charge in [0.15, 0.2) is 0 Å². The highest BCUT2D eigenvalue weighted by Gasteiger charge is 2.43. The van der Waals surface area contributed by atoms with Gasteiger partial charge in [-0.25, -0.2) is 0 Å². The van der Waals surface area contributed by atoms with Gasteiger partial charge in [0.25, 0.3) is 0 Å². The SMILES string of the molecule is CCCn1cc(C(NC)C2(OCC)CCCC(C)C2)cn1. The van der Waals surface area contributed by atoms with E-state index in [4.69, 9.17) is 4.74 Å². The molecular formula is C17H31N3O. The molecule has 0 amide bonds. The predicted octanol–water partition coefficient (Wildman–Crippen LogP) is 3.54. The first kappa shape index (κ1) is 16.5. The molecule has 1 aliphatic carbocycles. The summed E-state index contributed by atoms with van der Waals surface area (Å²) in [5, 5.41) is 8.01. The molecule has 0 aromatic carbocycles. The van der Waals surface area contributed by atoms with Crippen LogP contribution in [0.2, 0.25) is 0 Å². The third kappa shape index (κ3) is 3.67. The van der Waals surface area contributed by atoms with Crippen molar-refractivity contribution < 1.29 is 4.74 Å².